The molecule has 0 aliphatic rings. The van der Waals surface area contributed by atoms with E-state index in [1.807, 2.05) is 0 Å². The molecule has 86 valence electrons. The number of aryl methyl sites for hydroxylation is 1. The first-order chi connectivity index (χ1) is 7.13. The van der Waals surface area contributed by atoms with E-state index in [0.717, 1.165) is 36.9 Å². The van der Waals surface area contributed by atoms with Crippen LogP contribution >= 0.6 is 0 Å². The summed E-state index contributed by atoms with van der Waals surface area (Å²) in [6.45, 7) is 10.8. The zero-order chi connectivity index (χ0) is 11.3. The minimum atomic E-state index is 0.714. The molecule has 1 aromatic rings. The summed E-state index contributed by atoms with van der Waals surface area (Å²) in [5, 5.41) is 3.43. The second kappa shape index (κ2) is 5.96. The third-order valence-electron chi connectivity index (χ3n) is 2.97. The predicted molar refractivity (Wildman–Crippen MR) is 63.8 cm³/mol. The van der Waals surface area contributed by atoms with Crippen LogP contribution in [0.25, 0.3) is 0 Å². The molecule has 1 unspecified atom stereocenters. The molecule has 1 N–H and O–H groups in total. The van der Waals surface area contributed by atoms with E-state index < -0.39 is 0 Å². The summed E-state index contributed by atoms with van der Waals surface area (Å²) in [5.41, 5.74) is 0. The van der Waals surface area contributed by atoms with E-state index in [2.05, 4.69) is 45.1 Å². The third kappa shape index (κ3) is 4.08. The van der Waals surface area contributed by atoms with Crippen LogP contribution in [-0.4, -0.2) is 6.54 Å². The third-order valence-corrected chi connectivity index (χ3v) is 2.97. The van der Waals surface area contributed by atoms with Crippen LogP contribution in [0.2, 0.25) is 0 Å². The first-order valence-electron chi connectivity index (χ1n) is 5.91. The molecule has 0 aromatic carbocycles. The normalized spacial score (nSPS) is 13.4. The van der Waals surface area contributed by atoms with Crippen molar-refractivity contribution in [3.63, 3.8) is 0 Å². The monoisotopic (exact) mass is 209 g/mol. The van der Waals surface area contributed by atoms with Gasteiger partial charge < -0.3 is 9.73 Å². The molecule has 1 heterocycles. The van der Waals surface area contributed by atoms with Crippen molar-refractivity contribution in [3.8, 4) is 0 Å². The maximum Gasteiger partial charge on any atom is 0.117 e. The van der Waals surface area contributed by atoms with Crippen LogP contribution in [0.5, 0.6) is 0 Å². The van der Waals surface area contributed by atoms with E-state index in [9.17, 15) is 0 Å². The first kappa shape index (κ1) is 12.3. The molecule has 0 amide bonds. The fraction of sp³-hybridized carbons (Fsp3) is 0.692. The highest BCUT2D eigenvalue weighted by Gasteiger charge is 2.06. The number of hydrogen-bond donors (Lipinski definition) is 1. The van der Waals surface area contributed by atoms with Gasteiger partial charge in [0.05, 0.1) is 6.54 Å². The molecule has 0 saturated heterocycles. The Morgan fingerprint density at radius 3 is 2.40 bits per heavy atom. The average molecular weight is 209 g/mol. The van der Waals surface area contributed by atoms with Crippen molar-refractivity contribution in [2.24, 2.45) is 11.8 Å². The highest BCUT2D eigenvalue weighted by atomic mass is 16.3. The molecule has 0 fully saturated rings. The van der Waals surface area contributed by atoms with Crippen molar-refractivity contribution in [1.29, 1.82) is 0 Å². The first-order valence-corrected chi connectivity index (χ1v) is 5.91. The van der Waals surface area contributed by atoms with Gasteiger partial charge in [-0.2, -0.15) is 0 Å². The molecule has 0 bridgehead atoms. The van der Waals surface area contributed by atoms with Gasteiger partial charge in [0.1, 0.15) is 11.5 Å². The zero-order valence-electron chi connectivity index (χ0n) is 10.3. The van der Waals surface area contributed by atoms with Crippen LogP contribution in [0.4, 0.5) is 0 Å². The van der Waals surface area contributed by atoms with Crippen molar-refractivity contribution >= 4 is 0 Å². The molecule has 0 aliphatic heterocycles. The molecule has 15 heavy (non-hydrogen) atoms. The summed E-state index contributed by atoms with van der Waals surface area (Å²) < 4.78 is 5.61. The molecule has 2 nitrogen and oxygen atoms in total. The van der Waals surface area contributed by atoms with Gasteiger partial charge in [-0.3, -0.25) is 0 Å². The van der Waals surface area contributed by atoms with E-state index in [4.69, 9.17) is 4.42 Å². The van der Waals surface area contributed by atoms with Gasteiger partial charge in [0, 0.05) is 6.42 Å². The molecule has 0 aliphatic carbocycles. The van der Waals surface area contributed by atoms with E-state index in [1.54, 1.807) is 0 Å². The standard InChI is InChI=1S/C13H23NO/c1-5-12-6-7-13(15-12)9-14-8-11(4)10(2)3/h6-7,10-11,14H,5,8-9H2,1-4H3. The van der Waals surface area contributed by atoms with E-state index in [1.165, 1.54) is 0 Å². The van der Waals surface area contributed by atoms with Gasteiger partial charge in [0.25, 0.3) is 0 Å². The summed E-state index contributed by atoms with van der Waals surface area (Å²) in [5.74, 6) is 3.57. The molecule has 1 atom stereocenters. The minimum absolute atomic E-state index is 0.714. The largest absolute Gasteiger partial charge is 0.465 e. The molecule has 0 spiro atoms. The van der Waals surface area contributed by atoms with Gasteiger partial charge in [-0.15, -0.1) is 0 Å². The maximum absolute atomic E-state index is 5.61. The second-order valence-corrected chi connectivity index (χ2v) is 4.57. The summed E-state index contributed by atoms with van der Waals surface area (Å²) in [6, 6.07) is 4.12. The molecule has 0 saturated carbocycles. The van der Waals surface area contributed by atoms with Crippen LogP contribution < -0.4 is 5.32 Å². The van der Waals surface area contributed by atoms with Crippen molar-refractivity contribution in [3.05, 3.63) is 23.7 Å². The SMILES string of the molecule is CCc1ccc(CNCC(C)C(C)C)o1. The number of nitrogens with one attached hydrogen (secondary N) is 1. The highest BCUT2D eigenvalue weighted by molar-refractivity contribution is 5.06. The van der Waals surface area contributed by atoms with Gasteiger partial charge >= 0.3 is 0 Å². The van der Waals surface area contributed by atoms with E-state index >= 15 is 0 Å². The van der Waals surface area contributed by atoms with Crippen molar-refractivity contribution in [1.82, 2.24) is 5.32 Å². The quantitative estimate of drug-likeness (QED) is 0.778. The van der Waals surface area contributed by atoms with Crippen molar-refractivity contribution in [2.75, 3.05) is 6.54 Å². The van der Waals surface area contributed by atoms with Gasteiger partial charge in [-0.1, -0.05) is 27.7 Å². The molecule has 1 rings (SSSR count). The molecule has 1 aromatic heterocycles. The van der Waals surface area contributed by atoms with Crippen molar-refractivity contribution < 1.29 is 4.42 Å². The zero-order valence-corrected chi connectivity index (χ0v) is 10.3. The minimum Gasteiger partial charge on any atom is -0.465 e. The van der Waals surface area contributed by atoms with Gasteiger partial charge in [-0.25, -0.2) is 0 Å². The summed E-state index contributed by atoms with van der Waals surface area (Å²) in [4.78, 5) is 0. The van der Waals surface area contributed by atoms with Crippen molar-refractivity contribution in [2.45, 2.75) is 40.7 Å². The Labute approximate surface area is 93.1 Å². The molecular weight excluding hydrogens is 186 g/mol. The number of furan rings is 1. The second-order valence-electron chi connectivity index (χ2n) is 4.57. The van der Waals surface area contributed by atoms with Crippen LogP contribution in [0.1, 0.15) is 39.2 Å². The van der Waals surface area contributed by atoms with Crippen LogP contribution in [0, 0.1) is 11.8 Å². The molecule has 0 radical (unpaired) electrons. The summed E-state index contributed by atoms with van der Waals surface area (Å²) >= 11 is 0. The topological polar surface area (TPSA) is 25.2 Å². The molecule has 2 heteroatoms. The van der Waals surface area contributed by atoms with Crippen LogP contribution in [0.15, 0.2) is 16.5 Å². The number of rotatable bonds is 6. The van der Waals surface area contributed by atoms with Crippen LogP contribution in [0.3, 0.4) is 0 Å². The van der Waals surface area contributed by atoms with Gasteiger partial charge in [-0.05, 0) is 30.5 Å². The Bertz CT molecular complexity index is 278. The Morgan fingerprint density at radius 1 is 1.20 bits per heavy atom. The van der Waals surface area contributed by atoms with Gasteiger partial charge in [0.15, 0.2) is 0 Å². The Hall–Kier alpha value is -0.760. The van der Waals surface area contributed by atoms with Crippen LogP contribution in [-0.2, 0) is 13.0 Å². The highest BCUT2D eigenvalue weighted by Crippen LogP contribution is 2.10. The fourth-order valence-corrected chi connectivity index (χ4v) is 1.37. The summed E-state index contributed by atoms with van der Waals surface area (Å²) in [7, 11) is 0. The lowest BCUT2D eigenvalue weighted by Crippen LogP contribution is -2.23. The fourth-order valence-electron chi connectivity index (χ4n) is 1.37. The van der Waals surface area contributed by atoms with Gasteiger partial charge in [0.2, 0.25) is 0 Å². The lowest BCUT2D eigenvalue weighted by atomic mass is 9.98. The average Bonchev–Trinajstić information content (AvgIpc) is 2.65. The maximum atomic E-state index is 5.61. The molecular formula is C13H23NO. The van der Waals surface area contributed by atoms with E-state index in [-0.39, 0.29) is 0 Å². The Morgan fingerprint density at radius 2 is 1.87 bits per heavy atom. The lowest BCUT2D eigenvalue weighted by Gasteiger charge is -2.15. The Kier molecular flexibility index (Phi) is 4.89. The smallest absolute Gasteiger partial charge is 0.117 e. The van der Waals surface area contributed by atoms with E-state index in [0.29, 0.717) is 5.92 Å². The lowest BCUT2D eigenvalue weighted by molar-refractivity contribution is 0.377. The predicted octanol–water partition coefficient (Wildman–Crippen LogP) is 3.22. The summed E-state index contributed by atoms with van der Waals surface area (Å²) in [6.07, 6.45) is 0.975. The number of hydrogen-bond acceptors (Lipinski definition) is 2. The Balaban J connectivity index is 2.25.